The first-order chi connectivity index (χ1) is 18.6. The number of nitrogens with zero attached hydrogens (tertiary/aromatic N) is 1. The van der Waals surface area contributed by atoms with Gasteiger partial charge in [0.05, 0.1) is 12.0 Å². The zero-order chi connectivity index (χ0) is 26.3. The van der Waals surface area contributed by atoms with Crippen LogP contribution in [0.15, 0.2) is 78.9 Å². The van der Waals surface area contributed by atoms with Gasteiger partial charge in [0.15, 0.2) is 5.69 Å². The Bertz CT molecular complexity index is 1360. The van der Waals surface area contributed by atoms with Crippen LogP contribution in [0.25, 0.3) is 21.0 Å². The van der Waals surface area contributed by atoms with Crippen molar-refractivity contribution in [1.82, 2.24) is 10.3 Å². The number of carbonyl (C=O) groups is 1. The fourth-order valence-corrected chi connectivity index (χ4v) is 5.42. The zero-order valence-electron chi connectivity index (χ0n) is 21.1. The van der Waals surface area contributed by atoms with Gasteiger partial charge in [-0.1, -0.05) is 48.5 Å². The number of carbonyl (C=O) groups excluding carboxylic acids is 1. The SMILES string of the molecule is COC(=O)c1nc(-c2ccc3c(c2)CC[C@@H](CNC[C@H](O)COc2ccccc2)O3)sc1-c1ccccc1. The van der Waals surface area contributed by atoms with E-state index in [1.807, 2.05) is 72.8 Å². The molecule has 0 saturated heterocycles. The number of aliphatic hydroxyl groups is 1. The Morgan fingerprint density at radius 3 is 2.63 bits per heavy atom. The number of fused-ring (bicyclic) bond motifs is 1. The van der Waals surface area contributed by atoms with E-state index in [2.05, 4.69) is 16.4 Å². The van der Waals surface area contributed by atoms with Gasteiger partial charge in [0.25, 0.3) is 0 Å². The van der Waals surface area contributed by atoms with Gasteiger partial charge in [-0.15, -0.1) is 11.3 Å². The van der Waals surface area contributed by atoms with Crippen molar-refractivity contribution in [3.05, 3.63) is 90.1 Å². The van der Waals surface area contributed by atoms with Crippen LogP contribution in [0.5, 0.6) is 11.5 Å². The first-order valence-corrected chi connectivity index (χ1v) is 13.4. The van der Waals surface area contributed by atoms with Gasteiger partial charge in [-0.2, -0.15) is 0 Å². The number of esters is 1. The summed E-state index contributed by atoms with van der Waals surface area (Å²) in [4.78, 5) is 17.9. The van der Waals surface area contributed by atoms with Crippen LogP contribution in [0.4, 0.5) is 0 Å². The molecule has 0 bridgehead atoms. The summed E-state index contributed by atoms with van der Waals surface area (Å²) < 4.78 is 16.8. The number of hydrogen-bond acceptors (Lipinski definition) is 8. The highest BCUT2D eigenvalue weighted by Crippen LogP contribution is 2.38. The third-order valence-electron chi connectivity index (χ3n) is 6.32. The first-order valence-electron chi connectivity index (χ1n) is 12.6. The Balaban J connectivity index is 1.19. The molecule has 2 atom stereocenters. The van der Waals surface area contributed by atoms with E-state index in [0.717, 1.165) is 50.9 Å². The van der Waals surface area contributed by atoms with Crippen LogP contribution in [0, 0.1) is 0 Å². The minimum absolute atomic E-state index is 0.0195. The molecule has 38 heavy (non-hydrogen) atoms. The fraction of sp³-hybridized carbons (Fsp3) is 0.267. The summed E-state index contributed by atoms with van der Waals surface area (Å²) in [6, 6.07) is 25.3. The van der Waals surface area contributed by atoms with Crippen molar-refractivity contribution < 1.29 is 24.1 Å². The third kappa shape index (κ3) is 6.22. The fourth-order valence-electron chi connectivity index (χ4n) is 4.36. The molecule has 3 aromatic carbocycles. The lowest BCUT2D eigenvalue weighted by molar-refractivity contribution is 0.0596. The van der Waals surface area contributed by atoms with E-state index in [9.17, 15) is 9.90 Å². The van der Waals surface area contributed by atoms with Crippen molar-refractivity contribution >= 4 is 17.3 Å². The predicted molar refractivity (Wildman–Crippen MR) is 148 cm³/mol. The molecule has 0 saturated carbocycles. The van der Waals surface area contributed by atoms with Gasteiger partial charge in [-0.05, 0) is 54.3 Å². The van der Waals surface area contributed by atoms with Crippen molar-refractivity contribution in [1.29, 1.82) is 0 Å². The molecule has 0 amide bonds. The van der Waals surface area contributed by atoms with E-state index >= 15 is 0 Å². The largest absolute Gasteiger partial charge is 0.491 e. The minimum atomic E-state index is -0.609. The zero-order valence-corrected chi connectivity index (χ0v) is 21.9. The minimum Gasteiger partial charge on any atom is -0.491 e. The molecule has 0 aliphatic carbocycles. The Morgan fingerprint density at radius 2 is 1.87 bits per heavy atom. The molecule has 0 unspecified atom stereocenters. The normalized spacial score (nSPS) is 15.3. The number of para-hydroxylation sites is 1. The Hall–Kier alpha value is -3.72. The molecule has 1 aliphatic rings. The number of methoxy groups -OCH3 is 1. The highest BCUT2D eigenvalue weighted by atomic mass is 32.1. The van der Waals surface area contributed by atoms with E-state index < -0.39 is 12.1 Å². The molecule has 8 heteroatoms. The monoisotopic (exact) mass is 530 g/mol. The molecular formula is C30H30N2O5S. The number of nitrogens with one attached hydrogen (secondary N) is 1. The average molecular weight is 531 g/mol. The summed E-state index contributed by atoms with van der Waals surface area (Å²) in [6.07, 6.45) is 1.14. The molecule has 1 aliphatic heterocycles. The quantitative estimate of drug-likeness (QED) is 0.279. The number of hydrogen-bond donors (Lipinski definition) is 2. The van der Waals surface area contributed by atoms with Crippen LogP contribution in [-0.4, -0.2) is 55.1 Å². The second-order valence-corrected chi connectivity index (χ2v) is 10.1. The van der Waals surface area contributed by atoms with Crippen molar-refractivity contribution in [2.75, 3.05) is 26.8 Å². The third-order valence-corrected chi connectivity index (χ3v) is 7.47. The molecule has 2 heterocycles. The van der Waals surface area contributed by atoms with Crippen LogP contribution >= 0.6 is 11.3 Å². The van der Waals surface area contributed by atoms with Gasteiger partial charge in [0, 0.05) is 18.7 Å². The van der Waals surface area contributed by atoms with E-state index in [1.165, 1.54) is 18.4 Å². The molecular weight excluding hydrogens is 500 g/mol. The second-order valence-electron chi connectivity index (χ2n) is 9.09. The van der Waals surface area contributed by atoms with Crippen molar-refractivity contribution in [3.8, 4) is 32.5 Å². The summed E-state index contributed by atoms with van der Waals surface area (Å²) in [5.41, 5.74) is 3.33. The number of ether oxygens (including phenoxy) is 3. The number of benzene rings is 3. The molecule has 5 rings (SSSR count). The molecule has 1 aromatic heterocycles. The molecule has 4 aromatic rings. The highest BCUT2D eigenvalue weighted by Gasteiger charge is 2.24. The molecule has 196 valence electrons. The van der Waals surface area contributed by atoms with Gasteiger partial charge in [-0.3, -0.25) is 0 Å². The maximum Gasteiger partial charge on any atom is 0.358 e. The lowest BCUT2D eigenvalue weighted by Gasteiger charge is -2.27. The first kappa shape index (κ1) is 25.9. The number of thiazole rings is 1. The summed E-state index contributed by atoms with van der Waals surface area (Å²) in [5, 5.41) is 14.3. The van der Waals surface area contributed by atoms with E-state index in [-0.39, 0.29) is 12.7 Å². The van der Waals surface area contributed by atoms with E-state index in [0.29, 0.717) is 18.8 Å². The maximum absolute atomic E-state index is 12.4. The van der Waals surface area contributed by atoms with Gasteiger partial charge in [0.2, 0.25) is 0 Å². The summed E-state index contributed by atoms with van der Waals surface area (Å²) in [7, 11) is 1.37. The van der Waals surface area contributed by atoms with Crippen LogP contribution in [0.3, 0.4) is 0 Å². The van der Waals surface area contributed by atoms with Crippen molar-refractivity contribution in [2.45, 2.75) is 25.0 Å². The van der Waals surface area contributed by atoms with Crippen LogP contribution in [0.2, 0.25) is 0 Å². The van der Waals surface area contributed by atoms with Gasteiger partial charge in [0.1, 0.15) is 35.3 Å². The molecule has 0 radical (unpaired) electrons. The lowest BCUT2D eigenvalue weighted by Crippen LogP contribution is -2.39. The smallest absolute Gasteiger partial charge is 0.358 e. The Labute approximate surface area is 226 Å². The number of aromatic nitrogens is 1. The van der Waals surface area contributed by atoms with E-state index in [4.69, 9.17) is 14.2 Å². The average Bonchev–Trinajstić information content (AvgIpc) is 3.42. The summed E-state index contributed by atoms with van der Waals surface area (Å²) in [5.74, 6) is 1.15. The Morgan fingerprint density at radius 1 is 1.11 bits per heavy atom. The van der Waals surface area contributed by atoms with Gasteiger partial charge < -0.3 is 24.6 Å². The van der Waals surface area contributed by atoms with Crippen LogP contribution in [0.1, 0.15) is 22.5 Å². The van der Waals surface area contributed by atoms with Crippen LogP contribution in [-0.2, 0) is 11.2 Å². The molecule has 2 N–H and O–H groups in total. The standard InChI is InChI=1S/C30H30N2O5S/c1-35-30(34)27-28(20-8-4-2-5-9-20)38-29(32-27)22-13-15-26-21(16-22)12-14-25(37-26)18-31-17-23(33)19-36-24-10-6-3-7-11-24/h2-11,13,15-16,23,25,31,33H,12,14,17-19H2,1H3/t23-,25-/m0/s1. The number of rotatable bonds is 10. The van der Waals surface area contributed by atoms with Crippen molar-refractivity contribution in [2.24, 2.45) is 0 Å². The number of aliphatic hydroxyl groups excluding tert-OH is 1. The lowest BCUT2D eigenvalue weighted by atomic mass is 10.00. The highest BCUT2D eigenvalue weighted by molar-refractivity contribution is 7.18. The summed E-state index contributed by atoms with van der Waals surface area (Å²) in [6.45, 7) is 1.29. The van der Waals surface area contributed by atoms with Crippen LogP contribution < -0.4 is 14.8 Å². The maximum atomic E-state index is 12.4. The summed E-state index contributed by atoms with van der Waals surface area (Å²) >= 11 is 1.48. The molecule has 0 fully saturated rings. The molecule has 0 spiro atoms. The van der Waals surface area contributed by atoms with Gasteiger partial charge in [-0.25, -0.2) is 9.78 Å². The molecule has 7 nitrogen and oxygen atoms in total. The van der Waals surface area contributed by atoms with E-state index in [1.54, 1.807) is 0 Å². The number of aryl methyl sites for hydroxylation is 1. The van der Waals surface area contributed by atoms with Crippen molar-refractivity contribution in [3.63, 3.8) is 0 Å². The van der Waals surface area contributed by atoms with Gasteiger partial charge >= 0.3 is 5.97 Å². The topological polar surface area (TPSA) is 89.9 Å². The predicted octanol–water partition coefficient (Wildman–Crippen LogP) is 4.99. The Kier molecular flexibility index (Phi) is 8.33. The second kappa shape index (κ2) is 12.2.